The molecule has 0 unspecified atom stereocenters. The van der Waals surface area contributed by atoms with E-state index in [9.17, 15) is 10.1 Å². The Bertz CT molecular complexity index is 970. The van der Waals surface area contributed by atoms with Gasteiger partial charge in [-0.15, -0.1) is 0 Å². The zero-order valence-corrected chi connectivity index (χ0v) is 17.1. The number of likely N-dealkylation sites (tertiary alicyclic amines) is 1. The molecule has 5 nitrogen and oxygen atoms in total. The summed E-state index contributed by atoms with van der Waals surface area (Å²) in [6.45, 7) is 3.35. The van der Waals surface area contributed by atoms with Gasteiger partial charge in [-0.05, 0) is 30.0 Å². The van der Waals surface area contributed by atoms with Crippen molar-refractivity contribution in [1.29, 1.82) is 5.26 Å². The summed E-state index contributed by atoms with van der Waals surface area (Å²) in [5.74, 6) is 0.896. The van der Waals surface area contributed by atoms with Crippen molar-refractivity contribution in [2.75, 3.05) is 19.6 Å². The van der Waals surface area contributed by atoms with Gasteiger partial charge in [-0.3, -0.25) is 9.69 Å². The van der Waals surface area contributed by atoms with Crippen molar-refractivity contribution in [3.63, 3.8) is 0 Å². The van der Waals surface area contributed by atoms with Gasteiger partial charge in [0.1, 0.15) is 0 Å². The van der Waals surface area contributed by atoms with Crippen LogP contribution >= 0.6 is 0 Å². The molecule has 2 aromatic rings. The molecule has 0 aliphatic carbocycles. The second kappa shape index (κ2) is 7.86. The molecule has 2 bridgehead atoms. The van der Waals surface area contributed by atoms with Crippen molar-refractivity contribution >= 4 is 5.91 Å². The summed E-state index contributed by atoms with van der Waals surface area (Å²) in [5.41, 5.74) is 2.81. The number of benzene rings is 2. The fraction of sp³-hybridized carbons (Fsp3) is 0.440. The Morgan fingerprint density at radius 1 is 1.20 bits per heavy atom. The lowest BCUT2D eigenvalue weighted by Gasteiger charge is -2.29. The lowest BCUT2D eigenvalue weighted by Crippen LogP contribution is -2.42. The van der Waals surface area contributed by atoms with Gasteiger partial charge in [0.15, 0.2) is 0 Å². The highest BCUT2D eigenvalue weighted by atomic mass is 16.5. The number of fused-ring (bicyclic) bond motifs is 1. The molecular weight excluding hydrogens is 374 g/mol. The number of nitriles is 1. The Hall–Kier alpha value is -2.68. The third kappa shape index (κ3) is 3.51. The zero-order valence-electron chi connectivity index (χ0n) is 17.1. The molecule has 0 saturated carbocycles. The highest BCUT2D eigenvalue weighted by Crippen LogP contribution is 2.54. The van der Waals surface area contributed by atoms with E-state index in [4.69, 9.17) is 4.74 Å². The van der Waals surface area contributed by atoms with Crippen LogP contribution in [0.5, 0.6) is 0 Å². The van der Waals surface area contributed by atoms with Crippen molar-refractivity contribution in [2.24, 2.45) is 11.8 Å². The van der Waals surface area contributed by atoms with Gasteiger partial charge in [-0.1, -0.05) is 48.5 Å². The van der Waals surface area contributed by atoms with Gasteiger partial charge < -0.3 is 10.1 Å². The van der Waals surface area contributed by atoms with E-state index in [0.717, 1.165) is 49.2 Å². The normalized spacial score (nSPS) is 29.5. The maximum atomic E-state index is 12.4. The van der Waals surface area contributed by atoms with Crippen molar-refractivity contribution in [3.05, 3.63) is 71.3 Å². The molecule has 3 heterocycles. The first-order valence-electron chi connectivity index (χ1n) is 10.9. The minimum Gasteiger partial charge on any atom is -0.370 e. The van der Waals surface area contributed by atoms with E-state index in [0.29, 0.717) is 24.8 Å². The minimum atomic E-state index is -0.0684. The lowest BCUT2D eigenvalue weighted by molar-refractivity contribution is -0.120. The van der Waals surface area contributed by atoms with Gasteiger partial charge in [0.05, 0.1) is 29.8 Å². The maximum absolute atomic E-state index is 12.4. The summed E-state index contributed by atoms with van der Waals surface area (Å²) in [5, 5.41) is 12.6. The molecule has 3 aliphatic heterocycles. The monoisotopic (exact) mass is 401 g/mol. The average Bonchev–Trinajstić information content (AvgIpc) is 3.41. The van der Waals surface area contributed by atoms with E-state index in [1.807, 2.05) is 54.6 Å². The van der Waals surface area contributed by atoms with Crippen LogP contribution in [0.1, 0.15) is 29.5 Å². The number of carbonyl (C=O) groups is 1. The van der Waals surface area contributed by atoms with Crippen LogP contribution in [0.2, 0.25) is 0 Å². The summed E-state index contributed by atoms with van der Waals surface area (Å²) in [6, 6.07) is 20.0. The number of hydrogen-bond acceptors (Lipinski definition) is 4. The molecule has 4 atom stereocenters. The Morgan fingerprint density at radius 3 is 2.83 bits per heavy atom. The van der Waals surface area contributed by atoms with Crippen LogP contribution in [-0.4, -0.2) is 42.1 Å². The largest absolute Gasteiger partial charge is 0.370 e. The highest BCUT2D eigenvalue weighted by Gasteiger charge is 2.62. The van der Waals surface area contributed by atoms with Crippen LogP contribution in [0.3, 0.4) is 0 Å². The molecule has 5 heteroatoms. The first-order valence-corrected chi connectivity index (χ1v) is 10.9. The molecule has 0 aromatic heterocycles. The Balaban J connectivity index is 1.22. The standard InChI is InChI=1S/C25H27N3O2/c26-13-19-8-4-5-9-20(19)15-28-16-22-21(23-10-11-25(22,17-28)30-23)14-27-24(29)12-18-6-2-1-3-7-18/h1-9,21-23H,10-12,14-17H2,(H,27,29)/t21-,22+,23+,25+/m0/s1. The lowest BCUT2D eigenvalue weighted by atomic mass is 9.73. The summed E-state index contributed by atoms with van der Waals surface area (Å²) >= 11 is 0. The van der Waals surface area contributed by atoms with E-state index < -0.39 is 0 Å². The number of amides is 1. The van der Waals surface area contributed by atoms with Crippen molar-refractivity contribution in [2.45, 2.75) is 37.5 Å². The Morgan fingerprint density at radius 2 is 2.00 bits per heavy atom. The second-order valence-corrected chi connectivity index (χ2v) is 8.94. The number of hydrogen-bond donors (Lipinski definition) is 1. The smallest absolute Gasteiger partial charge is 0.224 e. The predicted molar refractivity (Wildman–Crippen MR) is 113 cm³/mol. The molecule has 154 valence electrons. The Kier molecular flexibility index (Phi) is 5.06. The number of nitrogens with one attached hydrogen (secondary N) is 1. The second-order valence-electron chi connectivity index (χ2n) is 8.94. The molecule has 1 N–H and O–H groups in total. The molecule has 3 saturated heterocycles. The summed E-state index contributed by atoms with van der Waals surface area (Å²) in [6.07, 6.45) is 2.87. The van der Waals surface area contributed by atoms with E-state index in [1.54, 1.807) is 0 Å². The van der Waals surface area contributed by atoms with Crippen molar-refractivity contribution in [1.82, 2.24) is 10.2 Å². The molecule has 30 heavy (non-hydrogen) atoms. The number of rotatable bonds is 6. The zero-order chi connectivity index (χ0) is 20.6. The first kappa shape index (κ1) is 19.3. The summed E-state index contributed by atoms with van der Waals surface area (Å²) in [7, 11) is 0. The molecule has 5 rings (SSSR count). The fourth-order valence-corrected chi connectivity index (χ4v) is 5.76. The van der Waals surface area contributed by atoms with Crippen LogP contribution in [0, 0.1) is 23.2 Å². The van der Waals surface area contributed by atoms with Gasteiger partial charge in [0, 0.05) is 38.0 Å². The summed E-state index contributed by atoms with van der Waals surface area (Å²) in [4.78, 5) is 14.9. The van der Waals surface area contributed by atoms with E-state index in [1.165, 1.54) is 0 Å². The third-order valence-corrected chi connectivity index (χ3v) is 7.13. The van der Waals surface area contributed by atoms with Gasteiger partial charge in [0.25, 0.3) is 0 Å². The van der Waals surface area contributed by atoms with Gasteiger partial charge in [0.2, 0.25) is 5.91 Å². The van der Waals surface area contributed by atoms with Gasteiger partial charge in [-0.2, -0.15) is 5.26 Å². The minimum absolute atomic E-state index is 0.0684. The number of carbonyl (C=O) groups excluding carboxylic acids is 1. The van der Waals surface area contributed by atoms with Gasteiger partial charge in [-0.25, -0.2) is 0 Å². The van der Waals surface area contributed by atoms with Crippen LogP contribution in [-0.2, 0) is 22.5 Å². The van der Waals surface area contributed by atoms with Crippen LogP contribution in [0.25, 0.3) is 0 Å². The molecule has 3 fully saturated rings. The summed E-state index contributed by atoms with van der Waals surface area (Å²) < 4.78 is 6.51. The molecule has 0 radical (unpaired) electrons. The highest BCUT2D eigenvalue weighted by molar-refractivity contribution is 5.78. The van der Waals surface area contributed by atoms with Gasteiger partial charge >= 0.3 is 0 Å². The third-order valence-electron chi connectivity index (χ3n) is 7.13. The predicted octanol–water partition coefficient (Wildman–Crippen LogP) is 2.90. The quantitative estimate of drug-likeness (QED) is 0.808. The van der Waals surface area contributed by atoms with Crippen molar-refractivity contribution in [3.8, 4) is 6.07 Å². The topological polar surface area (TPSA) is 65.4 Å². The number of ether oxygens (including phenoxy) is 1. The SMILES string of the molecule is N#Cc1ccccc1CN1C[C@@H]2[C@H](CNC(=O)Cc3ccccc3)[C@H]3CC[C@]2(C1)O3. The fourth-order valence-electron chi connectivity index (χ4n) is 5.76. The molecular formula is C25H27N3O2. The first-order chi connectivity index (χ1) is 14.7. The van der Waals surface area contributed by atoms with E-state index >= 15 is 0 Å². The molecule has 1 amide bonds. The van der Waals surface area contributed by atoms with Crippen LogP contribution < -0.4 is 5.32 Å². The van der Waals surface area contributed by atoms with E-state index in [2.05, 4.69) is 16.3 Å². The molecule has 3 aliphatic rings. The van der Waals surface area contributed by atoms with E-state index in [-0.39, 0.29) is 17.6 Å². The molecule has 2 aromatic carbocycles. The Labute approximate surface area is 177 Å². The van der Waals surface area contributed by atoms with Crippen molar-refractivity contribution < 1.29 is 9.53 Å². The molecule has 1 spiro atoms. The van der Waals surface area contributed by atoms with Crippen LogP contribution in [0.15, 0.2) is 54.6 Å². The number of nitrogens with zero attached hydrogens (tertiary/aromatic N) is 2. The average molecular weight is 402 g/mol. The maximum Gasteiger partial charge on any atom is 0.224 e. The van der Waals surface area contributed by atoms with Crippen LogP contribution in [0.4, 0.5) is 0 Å².